The lowest BCUT2D eigenvalue weighted by Crippen LogP contribution is -2.43. The van der Waals surface area contributed by atoms with Gasteiger partial charge in [-0.15, -0.1) is 0 Å². The molecular weight excluding hydrogens is 266 g/mol. The number of aliphatic carboxylic acids is 1. The van der Waals surface area contributed by atoms with Crippen molar-refractivity contribution in [1.82, 2.24) is 4.90 Å². The van der Waals surface area contributed by atoms with E-state index in [1.807, 2.05) is 25.1 Å². The summed E-state index contributed by atoms with van der Waals surface area (Å²) in [5.74, 6) is 0.00110. The molecule has 1 aliphatic rings. The average molecular weight is 287 g/mol. The molecule has 2 atom stereocenters. The van der Waals surface area contributed by atoms with E-state index in [0.29, 0.717) is 12.6 Å². The Balaban J connectivity index is 1.86. The third-order valence-electron chi connectivity index (χ3n) is 4.62. The fourth-order valence-electron chi connectivity index (χ4n) is 3.22. The van der Waals surface area contributed by atoms with E-state index in [-0.39, 0.29) is 5.92 Å². The van der Waals surface area contributed by atoms with E-state index in [0.717, 1.165) is 36.1 Å². The lowest BCUT2D eigenvalue weighted by molar-refractivity contribution is -0.144. The van der Waals surface area contributed by atoms with Gasteiger partial charge in [0.05, 0.1) is 5.92 Å². The molecule has 1 saturated heterocycles. The van der Waals surface area contributed by atoms with E-state index < -0.39 is 5.97 Å². The number of para-hydroxylation sites is 1. The summed E-state index contributed by atoms with van der Waals surface area (Å²) in [5, 5.41) is 10.4. The lowest BCUT2D eigenvalue weighted by atomic mass is 9.93. The normalized spacial score (nSPS) is 23.5. The van der Waals surface area contributed by atoms with Gasteiger partial charge in [0, 0.05) is 30.1 Å². The molecule has 1 aliphatic heterocycles. The topological polar surface area (TPSA) is 53.7 Å². The fraction of sp³-hybridized carbons (Fsp3) is 0.471. The zero-order chi connectivity index (χ0) is 15.0. The van der Waals surface area contributed by atoms with Crippen molar-refractivity contribution in [3.05, 3.63) is 35.6 Å². The summed E-state index contributed by atoms with van der Waals surface area (Å²) in [6, 6.07) is 8.45. The van der Waals surface area contributed by atoms with Crippen LogP contribution in [0.1, 0.15) is 31.1 Å². The van der Waals surface area contributed by atoms with Gasteiger partial charge in [-0.05, 0) is 32.8 Å². The van der Waals surface area contributed by atoms with Crippen LogP contribution < -0.4 is 0 Å². The van der Waals surface area contributed by atoms with Crippen LogP contribution in [0.15, 0.2) is 28.7 Å². The van der Waals surface area contributed by atoms with Crippen molar-refractivity contribution in [3.8, 4) is 0 Å². The van der Waals surface area contributed by atoms with Gasteiger partial charge in [-0.25, -0.2) is 0 Å². The number of aryl methyl sites for hydroxylation is 1. The van der Waals surface area contributed by atoms with Gasteiger partial charge in [0.15, 0.2) is 0 Å². The summed E-state index contributed by atoms with van der Waals surface area (Å²) >= 11 is 0. The maximum absolute atomic E-state index is 11.2. The van der Waals surface area contributed by atoms with Crippen LogP contribution >= 0.6 is 0 Å². The van der Waals surface area contributed by atoms with Crippen LogP contribution in [0.4, 0.5) is 0 Å². The monoisotopic (exact) mass is 287 g/mol. The second-order valence-corrected chi connectivity index (χ2v) is 6.02. The molecule has 2 aromatic rings. The highest BCUT2D eigenvalue weighted by atomic mass is 16.4. The van der Waals surface area contributed by atoms with Crippen molar-refractivity contribution in [3.63, 3.8) is 0 Å². The van der Waals surface area contributed by atoms with Crippen LogP contribution in [0.3, 0.4) is 0 Å². The van der Waals surface area contributed by atoms with Gasteiger partial charge in [-0.3, -0.25) is 9.69 Å². The number of hydrogen-bond acceptors (Lipinski definition) is 3. The number of benzene rings is 1. The number of rotatable bonds is 3. The Morgan fingerprint density at radius 1 is 1.38 bits per heavy atom. The molecule has 3 rings (SSSR count). The van der Waals surface area contributed by atoms with Crippen molar-refractivity contribution in [1.29, 1.82) is 0 Å². The molecule has 0 radical (unpaired) electrons. The van der Waals surface area contributed by atoms with Crippen molar-refractivity contribution in [2.45, 2.75) is 39.3 Å². The lowest BCUT2D eigenvalue weighted by Gasteiger charge is -2.36. The molecule has 0 spiro atoms. The predicted molar refractivity (Wildman–Crippen MR) is 81.2 cm³/mol. The third kappa shape index (κ3) is 2.68. The van der Waals surface area contributed by atoms with Crippen LogP contribution in [0.2, 0.25) is 0 Å². The Morgan fingerprint density at radius 2 is 2.14 bits per heavy atom. The number of piperidine rings is 1. The molecule has 4 nitrogen and oxygen atoms in total. The predicted octanol–water partition coefficient (Wildman–Crippen LogP) is 3.43. The Morgan fingerprint density at radius 3 is 2.90 bits per heavy atom. The molecule has 1 fully saturated rings. The minimum atomic E-state index is -0.680. The number of hydrogen-bond donors (Lipinski definition) is 1. The van der Waals surface area contributed by atoms with E-state index in [1.165, 1.54) is 5.56 Å². The number of likely N-dealkylation sites (tertiary alicyclic amines) is 1. The molecule has 112 valence electrons. The first-order valence-electron chi connectivity index (χ1n) is 7.50. The van der Waals surface area contributed by atoms with Crippen molar-refractivity contribution in [2.75, 3.05) is 6.54 Å². The largest absolute Gasteiger partial charge is 0.481 e. The second-order valence-electron chi connectivity index (χ2n) is 6.02. The number of carboxylic acid groups (broad SMARTS) is 1. The number of furan rings is 1. The SMILES string of the molecule is Cc1oc2ccccc2c1CN1CC(C(=O)O)CCC1C. The summed E-state index contributed by atoms with van der Waals surface area (Å²) in [5.41, 5.74) is 2.09. The van der Waals surface area contributed by atoms with E-state index in [1.54, 1.807) is 0 Å². The van der Waals surface area contributed by atoms with Gasteiger partial charge in [0.1, 0.15) is 11.3 Å². The summed E-state index contributed by atoms with van der Waals surface area (Å²) in [6.07, 6.45) is 1.71. The number of carboxylic acids is 1. The molecule has 2 unspecified atom stereocenters. The fourth-order valence-corrected chi connectivity index (χ4v) is 3.22. The molecule has 1 N–H and O–H groups in total. The quantitative estimate of drug-likeness (QED) is 0.939. The standard InChI is InChI=1S/C17H21NO3/c1-11-7-8-13(17(19)20)9-18(11)10-15-12(2)21-16-6-4-3-5-14(15)16/h3-6,11,13H,7-10H2,1-2H3,(H,19,20). The van der Waals surface area contributed by atoms with Crippen LogP contribution in [0.5, 0.6) is 0 Å². The van der Waals surface area contributed by atoms with Crippen molar-refractivity contribution < 1.29 is 14.3 Å². The smallest absolute Gasteiger partial charge is 0.307 e. The highest BCUT2D eigenvalue weighted by molar-refractivity contribution is 5.82. The number of fused-ring (bicyclic) bond motifs is 1. The Bertz CT molecular complexity index is 661. The van der Waals surface area contributed by atoms with E-state index in [9.17, 15) is 9.90 Å². The van der Waals surface area contributed by atoms with E-state index in [2.05, 4.69) is 17.9 Å². The second kappa shape index (κ2) is 5.53. The summed E-state index contributed by atoms with van der Waals surface area (Å²) in [6.45, 7) is 5.54. The van der Waals surface area contributed by atoms with Gasteiger partial charge in [0.2, 0.25) is 0 Å². The zero-order valence-corrected chi connectivity index (χ0v) is 12.5. The highest BCUT2D eigenvalue weighted by Crippen LogP contribution is 2.30. The minimum Gasteiger partial charge on any atom is -0.481 e. The van der Waals surface area contributed by atoms with Gasteiger partial charge >= 0.3 is 5.97 Å². The van der Waals surface area contributed by atoms with Crippen LogP contribution in [-0.4, -0.2) is 28.6 Å². The molecule has 0 amide bonds. The Labute approximate surface area is 124 Å². The molecule has 21 heavy (non-hydrogen) atoms. The minimum absolute atomic E-state index is 0.250. The maximum atomic E-state index is 11.2. The van der Waals surface area contributed by atoms with Crippen molar-refractivity contribution >= 4 is 16.9 Å². The molecule has 4 heteroatoms. The first-order chi connectivity index (χ1) is 10.1. The maximum Gasteiger partial charge on any atom is 0.307 e. The average Bonchev–Trinajstić information content (AvgIpc) is 2.77. The van der Waals surface area contributed by atoms with Gasteiger partial charge in [-0.2, -0.15) is 0 Å². The zero-order valence-electron chi connectivity index (χ0n) is 12.5. The highest BCUT2D eigenvalue weighted by Gasteiger charge is 2.30. The molecule has 1 aromatic heterocycles. The van der Waals surface area contributed by atoms with Crippen LogP contribution in [0.25, 0.3) is 11.0 Å². The van der Waals surface area contributed by atoms with Crippen LogP contribution in [-0.2, 0) is 11.3 Å². The molecule has 2 heterocycles. The first-order valence-corrected chi connectivity index (χ1v) is 7.50. The van der Waals surface area contributed by atoms with Gasteiger partial charge in [-0.1, -0.05) is 18.2 Å². The third-order valence-corrected chi connectivity index (χ3v) is 4.62. The number of carbonyl (C=O) groups is 1. The van der Waals surface area contributed by atoms with Gasteiger partial charge < -0.3 is 9.52 Å². The summed E-state index contributed by atoms with van der Waals surface area (Å²) < 4.78 is 5.81. The van der Waals surface area contributed by atoms with Crippen molar-refractivity contribution in [2.24, 2.45) is 5.92 Å². The molecule has 0 saturated carbocycles. The number of nitrogens with zero attached hydrogens (tertiary/aromatic N) is 1. The van der Waals surface area contributed by atoms with E-state index >= 15 is 0 Å². The Kier molecular flexibility index (Phi) is 3.72. The van der Waals surface area contributed by atoms with E-state index in [4.69, 9.17) is 4.42 Å². The Hall–Kier alpha value is -1.81. The summed E-state index contributed by atoms with van der Waals surface area (Å²) in [4.78, 5) is 13.5. The van der Waals surface area contributed by atoms with Gasteiger partial charge in [0.25, 0.3) is 0 Å². The molecule has 0 aliphatic carbocycles. The molecule has 0 bridgehead atoms. The first kappa shape index (κ1) is 14.1. The summed E-state index contributed by atoms with van der Waals surface area (Å²) in [7, 11) is 0. The van der Waals surface area contributed by atoms with Crippen LogP contribution in [0, 0.1) is 12.8 Å². The molecular formula is C17H21NO3. The molecule has 1 aromatic carbocycles.